The molecule has 0 spiro atoms. The molecule has 48 heavy (non-hydrogen) atoms. The number of nitrogens with one attached hydrogen (secondary N) is 1. The van der Waals surface area contributed by atoms with Crippen molar-refractivity contribution in [2.24, 2.45) is 17.3 Å². The molecule has 2 bridgehead atoms. The second-order valence-electron chi connectivity index (χ2n) is 15.0. The van der Waals surface area contributed by atoms with Crippen LogP contribution in [0.3, 0.4) is 0 Å². The zero-order valence-corrected chi connectivity index (χ0v) is 29.4. The van der Waals surface area contributed by atoms with Gasteiger partial charge in [0.2, 0.25) is 0 Å². The van der Waals surface area contributed by atoms with Gasteiger partial charge in [-0.3, -0.25) is 14.5 Å². The van der Waals surface area contributed by atoms with Crippen molar-refractivity contribution < 1.29 is 49.0 Å². The maximum absolute atomic E-state index is 13.1. The molecule has 0 saturated carbocycles. The van der Waals surface area contributed by atoms with Crippen molar-refractivity contribution in [3.63, 3.8) is 0 Å². The Morgan fingerprint density at radius 2 is 2.00 bits per heavy atom. The van der Waals surface area contributed by atoms with E-state index in [9.17, 15) is 34.8 Å². The molecule has 270 valence electrons. The number of amides is 1. The smallest absolute Gasteiger partial charge is 0.407 e. The summed E-state index contributed by atoms with van der Waals surface area (Å²) in [6.45, 7) is 13.2. The van der Waals surface area contributed by atoms with Crippen molar-refractivity contribution >= 4 is 18.0 Å². The monoisotopic (exact) mass is 676 g/mol. The molecular weight excluding hydrogens is 620 g/mol. The zero-order chi connectivity index (χ0) is 35.6. The number of allylic oxidation sites excluding steroid dienone is 2. The van der Waals surface area contributed by atoms with Crippen LogP contribution >= 0.6 is 0 Å². The summed E-state index contributed by atoms with van der Waals surface area (Å²) in [4.78, 5) is 39.5. The van der Waals surface area contributed by atoms with E-state index >= 15 is 0 Å². The summed E-state index contributed by atoms with van der Waals surface area (Å²) in [5.74, 6) is -1.49. The summed E-state index contributed by atoms with van der Waals surface area (Å²) in [6, 6.07) is -0.0261. The second kappa shape index (κ2) is 15.0. The number of likely N-dealkylation sites (tertiary alicyclic amines) is 1. The van der Waals surface area contributed by atoms with Gasteiger partial charge >= 0.3 is 18.0 Å². The summed E-state index contributed by atoms with van der Waals surface area (Å²) in [7, 11) is 0. The molecule has 0 radical (unpaired) electrons. The van der Waals surface area contributed by atoms with Crippen molar-refractivity contribution in [3.8, 4) is 0 Å². The van der Waals surface area contributed by atoms with E-state index in [0.717, 1.165) is 0 Å². The van der Waals surface area contributed by atoms with Gasteiger partial charge in [-0.2, -0.15) is 0 Å². The van der Waals surface area contributed by atoms with E-state index in [1.165, 1.54) is 11.8 Å². The number of aliphatic hydroxyl groups excluding tert-OH is 2. The Hall–Kier alpha value is -2.77. The summed E-state index contributed by atoms with van der Waals surface area (Å²) < 4.78 is 17.6. The minimum absolute atomic E-state index is 0.0234. The number of piperazine rings is 1. The molecule has 1 amide bonds. The normalized spacial score (nSPS) is 39.1. The van der Waals surface area contributed by atoms with E-state index in [4.69, 9.17) is 14.2 Å². The molecule has 4 rings (SSSR count). The molecule has 4 aliphatic rings. The van der Waals surface area contributed by atoms with Crippen LogP contribution in [0.5, 0.6) is 0 Å². The van der Waals surface area contributed by atoms with Gasteiger partial charge in [-0.15, -0.1) is 0 Å². The van der Waals surface area contributed by atoms with Gasteiger partial charge in [0.25, 0.3) is 0 Å². The fourth-order valence-electron chi connectivity index (χ4n) is 8.09. The third-order valence-electron chi connectivity index (χ3n) is 11.2. The average Bonchev–Trinajstić information content (AvgIpc) is 3.45. The van der Waals surface area contributed by atoms with Crippen molar-refractivity contribution in [3.05, 3.63) is 36.0 Å². The number of fused-ring (bicyclic) bond motifs is 2. The Labute approximate surface area is 284 Å². The van der Waals surface area contributed by atoms with Crippen molar-refractivity contribution in [1.82, 2.24) is 10.2 Å². The SMILES string of the molecule is CC[C@H](O)[C@@H](C)[C@H]1O[C@@H]1C[C@@](C)(O)/C=C/C=C(\C)[C@H]1OC(=O)C[C@H](O)CC[C@](C)(C23CNC(CN2C(=O)O)C3)[C@H](OC(C)=O)/C=C/[C@@H]1C. The van der Waals surface area contributed by atoms with E-state index in [1.807, 2.05) is 40.7 Å². The number of rotatable bonds is 10. The molecular formula is C36H56N2O10. The first-order chi connectivity index (χ1) is 22.4. The topological polar surface area (TPSA) is 178 Å². The van der Waals surface area contributed by atoms with E-state index in [0.29, 0.717) is 44.3 Å². The van der Waals surface area contributed by atoms with Crippen LogP contribution in [0.1, 0.15) is 87.0 Å². The molecule has 0 aromatic heterocycles. The van der Waals surface area contributed by atoms with Crippen LogP contribution in [-0.2, 0) is 23.8 Å². The van der Waals surface area contributed by atoms with Gasteiger partial charge < -0.3 is 40.0 Å². The molecule has 4 heterocycles. The fourth-order valence-corrected chi connectivity index (χ4v) is 8.09. The number of nitrogens with zero attached hydrogens (tertiary/aromatic N) is 1. The molecule has 5 N–H and O–H groups in total. The lowest BCUT2D eigenvalue weighted by Gasteiger charge is -2.52. The number of hydrogen-bond acceptors (Lipinski definition) is 10. The highest BCUT2D eigenvalue weighted by molar-refractivity contribution is 5.71. The third kappa shape index (κ3) is 8.33. The van der Waals surface area contributed by atoms with Gasteiger partial charge in [0.15, 0.2) is 0 Å². The van der Waals surface area contributed by atoms with Crippen LogP contribution in [0.2, 0.25) is 0 Å². The molecule has 0 aromatic carbocycles. The number of carboxylic acid groups (broad SMARTS) is 1. The lowest BCUT2D eigenvalue weighted by molar-refractivity contribution is -0.157. The number of carbonyl (C=O) groups is 3. The van der Waals surface area contributed by atoms with Gasteiger partial charge in [-0.05, 0) is 51.2 Å². The van der Waals surface area contributed by atoms with Crippen LogP contribution < -0.4 is 5.32 Å². The molecule has 3 saturated heterocycles. The molecule has 12 nitrogen and oxygen atoms in total. The predicted molar refractivity (Wildman–Crippen MR) is 178 cm³/mol. The highest BCUT2D eigenvalue weighted by Crippen LogP contribution is 2.53. The first-order valence-electron chi connectivity index (χ1n) is 17.3. The number of aliphatic hydroxyl groups is 3. The lowest BCUT2D eigenvalue weighted by atomic mass is 9.63. The van der Waals surface area contributed by atoms with Crippen LogP contribution in [0, 0.1) is 17.3 Å². The number of epoxide rings is 1. The van der Waals surface area contributed by atoms with Crippen LogP contribution in [0.4, 0.5) is 4.79 Å². The highest BCUT2D eigenvalue weighted by atomic mass is 16.6. The Bertz CT molecular complexity index is 1280. The van der Waals surface area contributed by atoms with E-state index in [2.05, 4.69) is 5.32 Å². The number of hydrogen-bond donors (Lipinski definition) is 5. The molecule has 2 unspecified atom stereocenters. The zero-order valence-electron chi connectivity index (χ0n) is 29.4. The standard InChI is InChI=1S/C36H56N2O10/c1-8-27(41)23(4)32-28(47-32)18-34(6,45)14-9-10-21(2)31-22(3)11-12-29(46-24(5)39)35(7,15-13-26(40)16-30(42)48-31)36-17-25(37-20-36)19-38(36)33(43)44/h9-12,14,22-23,25-29,31-32,37,40-41,45H,8,13,15-20H2,1-7H3,(H,43,44)/b12-11+,14-9+,21-10+/t22-,23+,25?,26+,27-,28+,29+,31+,32+,34-,35-,36?/m0/s1. The summed E-state index contributed by atoms with van der Waals surface area (Å²) in [5.41, 5.74) is -2.30. The highest BCUT2D eigenvalue weighted by Gasteiger charge is 2.64. The number of cyclic esters (lactones) is 1. The van der Waals surface area contributed by atoms with Crippen molar-refractivity contribution in [2.45, 2.75) is 141 Å². The van der Waals surface area contributed by atoms with Gasteiger partial charge in [0, 0.05) is 49.7 Å². The number of esters is 2. The predicted octanol–water partition coefficient (Wildman–Crippen LogP) is 3.49. The van der Waals surface area contributed by atoms with Crippen molar-refractivity contribution in [1.29, 1.82) is 0 Å². The maximum atomic E-state index is 13.1. The van der Waals surface area contributed by atoms with Gasteiger partial charge in [-0.25, -0.2) is 4.79 Å². The Morgan fingerprint density at radius 3 is 2.62 bits per heavy atom. The first-order valence-corrected chi connectivity index (χ1v) is 17.3. The average molecular weight is 677 g/mol. The molecule has 12 heteroatoms. The lowest BCUT2D eigenvalue weighted by Crippen LogP contribution is -2.66. The van der Waals surface area contributed by atoms with E-state index < -0.39 is 64.9 Å². The van der Waals surface area contributed by atoms with Gasteiger partial charge in [0.1, 0.15) is 12.2 Å². The molecule has 4 aliphatic heterocycles. The first kappa shape index (κ1) is 38.0. The molecule has 0 aliphatic carbocycles. The largest absolute Gasteiger partial charge is 0.465 e. The van der Waals surface area contributed by atoms with Crippen LogP contribution in [-0.4, -0.2) is 110 Å². The molecule has 12 atom stereocenters. The van der Waals surface area contributed by atoms with Gasteiger partial charge in [0.05, 0.1) is 42.0 Å². The van der Waals surface area contributed by atoms with Crippen LogP contribution in [0.15, 0.2) is 36.0 Å². The number of ether oxygens (including phenoxy) is 3. The quantitative estimate of drug-likeness (QED) is 0.0990. The second-order valence-corrected chi connectivity index (χ2v) is 15.0. The summed E-state index contributed by atoms with van der Waals surface area (Å²) >= 11 is 0. The minimum Gasteiger partial charge on any atom is -0.465 e. The summed E-state index contributed by atoms with van der Waals surface area (Å²) in [6.07, 6.45) is 6.19. The molecule has 0 aromatic rings. The van der Waals surface area contributed by atoms with Gasteiger partial charge in [-0.1, -0.05) is 52.0 Å². The summed E-state index contributed by atoms with van der Waals surface area (Å²) in [5, 5.41) is 45.8. The Kier molecular flexibility index (Phi) is 11.9. The minimum atomic E-state index is -1.18. The third-order valence-corrected chi connectivity index (χ3v) is 11.2. The van der Waals surface area contributed by atoms with E-state index in [-0.39, 0.29) is 37.0 Å². The molecule has 3 fully saturated rings. The maximum Gasteiger partial charge on any atom is 0.407 e. The Morgan fingerprint density at radius 1 is 1.29 bits per heavy atom. The number of carbonyl (C=O) groups excluding carboxylic acids is 2. The fraction of sp³-hybridized carbons (Fsp3) is 0.750. The van der Waals surface area contributed by atoms with Crippen molar-refractivity contribution in [2.75, 3.05) is 13.1 Å². The van der Waals surface area contributed by atoms with Crippen LogP contribution in [0.25, 0.3) is 0 Å². The van der Waals surface area contributed by atoms with E-state index in [1.54, 1.807) is 31.2 Å². The Balaban J connectivity index is 1.59.